The highest BCUT2D eigenvalue weighted by Crippen LogP contribution is 2.23. The van der Waals surface area contributed by atoms with Crippen LogP contribution in [-0.4, -0.2) is 52.5 Å². The van der Waals surface area contributed by atoms with E-state index < -0.39 is 22.0 Å². The quantitative estimate of drug-likeness (QED) is 0.270. The Balaban J connectivity index is 1.51. The first-order valence-corrected chi connectivity index (χ1v) is 13.5. The number of rotatable bonds is 12. The van der Waals surface area contributed by atoms with Crippen LogP contribution in [0.15, 0.2) is 84.0 Å². The van der Waals surface area contributed by atoms with Crippen LogP contribution in [0.4, 0.5) is 5.69 Å². The smallest absolute Gasteiger partial charge is 0.263 e. The minimum atomic E-state index is -3.76. The molecular formula is C27H30N4O6S. The summed E-state index contributed by atoms with van der Waals surface area (Å²) >= 11 is 0. The molecule has 0 aliphatic heterocycles. The molecule has 200 valence electrons. The summed E-state index contributed by atoms with van der Waals surface area (Å²) < 4.78 is 36.4. The number of anilines is 1. The van der Waals surface area contributed by atoms with Crippen LogP contribution < -0.4 is 24.5 Å². The summed E-state index contributed by atoms with van der Waals surface area (Å²) in [7, 11) is -2.25. The molecule has 0 heterocycles. The Bertz CT molecular complexity index is 1340. The maximum Gasteiger partial charge on any atom is 0.263 e. The second kappa shape index (κ2) is 13.2. The summed E-state index contributed by atoms with van der Waals surface area (Å²) in [4.78, 5) is 24.7. The number of benzene rings is 3. The van der Waals surface area contributed by atoms with E-state index >= 15 is 0 Å². The third-order valence-electron chi connectivity index (χ3n) is 5.39. The van der Waals surface area contributed by atoms with Gasteiger partial charge in [-0.1, -0.05) is 30.3 Å². The Morgan fingerprint density at radius 2 is 1.61 bits per heavy atom. The monoisotopic (exact) mass is 538 g/mol. The first-order chi connectivity index (χ1) is 18.2. The van der Waals surface area contributed by atoms with Crippen LogP contribution in [-0.2, 0) is 26.2 Å². The van der Waals surface area contributed by atoms with Gasteiger partial charge < -0.3 is 14.8 Å². The van der Waals surface area contributed by atoms with E-state index in [2.05, 4.69) is 15.8 Å². The molecule has 0 bridgehead atoms. The minimum Gasteiger partial charge on any atom is -0.497 e. The van der Waals surface area contributed by atoms with Crippen LogP contribution >= 0.6 is 0 Å². The lowest BCUT2D eigenvalue weighted by molar-refractivity contribution is -0.123. The topological polar surface area (TPSA) is 126 Å². The molecule has 10 nitrogen and oxygen atoms in total. The summed E-state index contributed by atoms with van der Waals surface area (Å²) in [5.41, 5.74) is 4.35. The van der Waals surface area contributed by atoms with Crippen molar-refractivity contribution in [1.82, 2.24) is 10.7 Å². The van der Waals surface area contributed by atoms with Gasteiger partial charge in [-0.2, -0.15) is 5.10 Å². The van der Waals surface area contributed by atoms with E-state index in [0.717, 1.165) is 16.1 Å². The number of nitrogens with zero attached hydrogens (tertiary/aromatic N) is 2. The normalized spacial score (nSPS) is 12.0. The van der Waals surface area contributed by atoms with Gasteiger partial charge in [-0.3, -0.25) is 13.9 Å². The molecule has 11 heteroatoms. The van der Waals surface area contributed by atoms with Crippen molar-refractivity contribution in [2.75, 3.05) is 24.3 Å². The molecule has 0 aromatic heterocycles. The van der Waals surface area contributed by atoms with Gasteiger partial charge in [0.15, 0.2) is 6.61 Å². The summed E-state index contributed by atoms with van der Waals surface area (Å²) in [5, 5.41) is 6.72. The van der Waals surface area contributed by atoms with Crippen molar-refractivity contribution in [2.45, 2.75) is 19.5 Å². The first kappa shape index (κ1) is 28.2. The van der Waals surface area contributed by atoms with Gasteiger partial charge in [-0.25, -0.2) is 13.8 Å². The molecule has 2 amide bonds. The van der Waals surface area contributed by atoms with E-state index in [1.165, 1.54) is 20.2 Å². The zero-order valence-electron chi connectivity index (χ0n) is 21.3. The Labute approximate surface area is 222 Å². The number of amides is 2. The lowest BCUT2D eigenvalue weighted by Gasteiger charge is -2.27. The van der Waals surface area contributed by atoms with Gasteiger partial charge in [0.25, 0.3) is 11.8 Å². The number of hydrogen-bond donors (Lipinski definition) is 2. The number of carbonyl (C=O) groups excluding carboxylic acids is 2. The van der Waals surface area contributed by atoms with Gasteiger partial charge in [0, 0.05) is 6.54 Å². The average molecular weight is 539 g/mol. The lowest BCUT2D eigenvalue weighted by Crippen LogP contribution is -2.46. The van der Waals surface area contributed by atoms with Gasteiger partial charge in [-0.05, 0) is 66.6 Å². The highest BCUT2D eigenvalue weighted by molar-refractivity contribution is 7.92. The number of hydrazone groups is 1. The Morgan fingerprint density at radius 1 is 0.974 bits per heavy atom. The molecule has 1 atom stereocenters. The summed E-state index contributed by atoms with van der Waals surface area (Å²) in [6.07, 6.45) is 2.44. The van der Waals surface area contributed by atoms with E-state index in [4.69, 9.17) is 9.47 Å². The van der Waals surface area contributed by atoms with E-state index in [1.807, 2.05) is 30.3 Å². The second-order valence-electron chi connectivity index (χ2n) is 8.29. The Hall–Kier alpha value is -4.38. The van der Waals surface area contributed by atoms with E-state index in [1.54, 1.807) is 48.5 Å². The largest absolute Gasteiger partial charge is 0.497 e. The number of ether oxygens (including phenoxy) is 2. The van der Waals surface area contributed by atoms with E-state index in [-0.39, 0.29) is 12.5 Å². The standard InChI is InChI=1S/C27H30N4O6S/c1-20(31(38(3,34)35)23-11-15-24(36-2)16-12-23)27(33)30-29-18-22-9-13-25(14-10-22)37-19-26(32)28-17-21-7-5-4-6-8-21/h4-16,18,20H,17,19H2,1-3H3,(H,28,32)(H,30,33)/b29-18-/t20-/m0/s1. The molecule has 3 aromatic carbocycles. The maximum absolute atomic E-state index is 12.7. The van der Waals surface area contributed by atoms with Crippen molar-refractivity contribution in [1.29, 1.82) is 0 Å². The number of methoxy groups -OCH3 is 1. The highest BCUT2D eigenvalue weighted by Gasteiger charge is 2.29. The molecule has 0 saturated heterocycles. The van der Waals surface area contributed by atoms with Crippen LogP contribution in [0.2, 0.25) is 0 Å². The fourth-order valence-corrected chi connectivity index (χ4v) is 4.62. The molecule has 0 spiro atoms. The van der Waals surface area contributed by atoms with Crippen LogP contribution in [0.25, 0.3) is 0 Å². The van der Waals surface area contributed by atoms with Gasteiger partial charge in [0.05, 0.1) is 25.3 Å². The SMILES string of the molecule is COc1ccc(N([C@@H](C)C(=O)N/N=C\c2ccc(OCC(=O)NCc3ccccc3)cc2)S(C)(=O)=O)cc1. The molecule has 0 fully saturated rings. The fourth-order valence-electron chi connectivity index (χ4n) is 3.45. The van der Waals surface area contributed by atoms with E-state index in [0.29, 0.717) is 29.3 Å². The zero-order chi connectivity index (χ0) is 27.5. The predicted molar refractivity (Wildman–Crippen MR) is 146 cm³/mol. The summed E-state index contributed by atoms with van der Waals surface area (Å²) in [6.45, 7) is 1.77. The molecule has 0 aliphatic rings. The summed E-state index contributed by atoms with van der Waals surface area (Å²) in [6, 6.07) is 21.6. The number of nitrogens with one attached hydrogen (secondary N) is 2. The maximum atomic E-state index is 12.7. The molecule has 0 saturated carbocycles. The molecule has 38 heavy (non-hydrogen) atoms. The minimum absolute atomic E-state index is 0.126. The molecule has 3 aromatic rings. The average Bonchev–Trinajstić information content (AvgIpc) is 2.91. The first-order valence-electron chi connectivity index (χ1n) is 11.7. The second-order valence-corrected chi connectivity index (χ2v) is 10.1. The Morgan fingerprint density at radius 3 is 2.21 bits per heavy atom. The van der Waals surface area contributed by atoms with Crippen LogP contribution in [0.1, 0.15) is 18.1 Å². The number of carbonyl (C=O) groups is 2. The van der Waals surface area contributed by atoms with Crippen molar-refractivity contribution in [2.24, 2.45) is 5.10 Å². The third kappa shape index (κ3) is 8.34. The van der Waals surface area contributed by atoms with Gasteiger partial charge in [-0.15, -0.1) is 0 Å². The van der Waals surface area contributed by atoms with Crippen molar-refractivity contribution in [3.05, 3.63) is 90.0 Å². The molecule has 0 radical (unpaired) electrons. The lowest BCUT2D eigenvalue weighted by atomic mass is 10.2. The van der Waals surface area contributed by atoms with Crippen molar-refractivity contribution in [3.63, 3.8) is 0 Å². The molecule has 0 unspecified atom stereocenters. The van der Waals surface area contributed by atoms with Crippen molar-refractivity contribution >= 4 is 33.7 Å². The molecule has 3 rings (SSSR count). The van der Waals surface area contributed by atoms with E-state index in [9.17, 15) is 18.0 Å². The van der Waals surface area contributed by atoms with Gasteiger partial charge in [0.2, 0.25) is 10.0 Å². The fraction of sp³-hybridized carbons (Fsp3) is 0.222. The molecule has 2 N–H and O–H groups in total. The van der Waals surface area contributed by atoms with Crippen LogP contribution in [0.3, 0.4) is 0 Å². The predicted octanol–water partition coefficient (Wildman–Crippen LogP) is 2.70. The molecular weight excluding hydrogens is 508 g/mol. The van der Waals surface area contributed by atoms with Crippen LogP contribution in [0, 0.1) is 0 Å². The highest BCUT2D eigenvalue weighted by atomic mass is 32.2. The van der Waals surface area contributed by atoms with Crippen molar-refractivity contribution in [3.8, 4) is 11.5 Å². The third-order valence-corrected chi connectivity index (χ3v) is 6.63. The van der Waals surface area contributed by atoms with Crippen LogP contribution in [0.5, 0.6) is 11.5 Å². The zero-order valence-corrected chi connectivity index (χ0v) is 22.1. The summed E-state index contributed by atoms with van der Waals surface area (Å²) in [5.74, 6) is 0.211. The Kier molecular flexibility index (Phi) is 9.83. The van der Waals surface area contributed by atoms with Gasteiger partial charge >= 0.3 is 0 Å². The van der Waals surface area contributed by atoms with Crippen molar-refractivity contribution < 1.29 is 27.5 Å². The molecule has 0 aliphatic carbocycles. The van der Waals surface area contributed by atoms with Gasteiger partial charge in [0.1, 0.15) is 17.5 Å². The number of hydrogen-bond acceptors (Lipinski definition) is 7. The number of sulfonamides is 1.